The average molecular weight is 240 g/mol. The number of methoxy groups -OCH3 is 1. The smallest absolute Gasteiger partial charge is 0.400 e. The first-order chi connectivity index (χ1) is 7.69. The van der Waals surface area contributed by atoms with Crippen LogP contribution in [0, 0.1) is 5.92 Å². The summed E-state index contributed by atoms with van der Waals surface area (Å²) in [6.07, 6.45) is 2.30. The Morgan fingerprint density at radius 3 is 1.94 bits per heavy atom. The zero-order valence-corrected chi connectivity index (χ0v) is 12.1. The van der Waals surface area contributed by atoms with Crippen LogP contribution in [0.5, 0.6) is 0 Å². The fourth-order valence-corrected chi connectivity index (χ4v) is 1.60. The lowest BCUT2D eigenvalue weighted by atomic mass is 9.87. The minimum absolute atomic E-state index is 0.202. The Morgan fingerprint density at radius 2 is 1.53 bits per heavy atom. The second-order valence-electron chi connectivity index (χ2n) is 5.81. The standard InChI is InChI=1S/C13H25BO3/c1-10(11(2)15-7)8-9-14-16-12(3,4)13(5,6)17-14/h8-11H,1-7H3/b9-8+/t10-,11-/m1/s1. The molecule has 1 saturated heterocycles. The van der Waals surface area contributed by atoms with Gasteiger partial charge in [-0.15, -0.1) is 0 Å². The molecule has 1 heterocycles. The SMILES string of the molecule is CO[C@H](C)[C@H](C)/C=C/B1OC(C)(C)C(C)(C)O1. The molecule has 17 heavy (non-hydrogen) atoms. The van der Waals surface area contributed by atoms with Gasteiger partial charge in [-0.3, -0.25) is 0 Å². The predicted octanol–water partition coefficient (Wildman–Crippen LogP) is 2.85. The summed E-state index contributed by atoms with van der Waals surface area (Å²) in [5.41, 5.74) is -0.532. The van der Waals surface area contributed by atoms with Crippen molar-refractivity contribution in [2.45, 2.75) is 58.8 Å². The molecule has 0 aromatic heterocycles. The van der Waals surface area contributed by atoms with E-state index in [1.54, 1.807) is 7.11 Å². The molecule has 0 unspecified atom stereocenters. The number of hydrogen-bond donors (Lipinski definition) is 0. The second-order valence-corrected chi connectivity index (χ2v) is 5.81. The molecule has 0 spiro atoms. The predicted molar refractivity (Wildman–Crippen MR) is 70.9 cm³/mol. The monoisotopic (exact) mass is 240 g/mol. The molecule has 1 aliphatic rings. The minimum atomic E-state index is -0.266. The van der Waals surface area contributed by atoms with E-state index in [4.69, 9.17) is 14.0 Å². The molecule has 98 valence electrons. The van der Waals surface area contributed by atoms with Gasteiger partial charge < -0.3 is 14.0 Å². The van der Waals surface area contributed by atoms with Crippen molar-refractivity contribution in [3.63, 3.8) is 0 Å². The highest BCUT2D eigenvalue weighted by molar-refractivity contribution is 6.51. The fraction of sp³-hybridized carbons (Fsp3) is 0.846. The molecule has 0 aliphatic carbocycles. The van der Waals surface area contributed by atoms with Crippen LogP contribution in [0.1, 0.15) is 41.5 Å². The van der Waals surface area contributed by atoms with Crippen LogP contribution in [0.2, 0.25) is 0 Å². The summed E-state index contributed by atoms with van der Waals surface area (Å²) in [6, 6.07) is 0. The average Bonchev–Trinajstić information content (AvgIpc) is 2.43. The summed E-state index contributed by atoms with van der Waals surface area (Å²) >= 11 is 0. The molecule has 3 nitrogen and oxygen atoms in total. The Bertz CT molecular complexity index is 270. The van der Waals surface area contributed by atoms with Crippen LogP contribution in [0.4, 0.5) is 0 Å². The van der Waals surface area contributed by atoms with Gasteiger partial charge in [0.25, 0.3) is 0 Å². The largest absolute Gasteiger partial charge is 0.486 e. The quantitative estimate of drug-likeness (QED) is 0.707. The summed E-state index contributed by atoms with van der Waals surface area (Å²) in [4.78, 5) is 0. The zero-order valence-electron chi connectivity index (χ0n) is 12.1. The van der Waals surface area contributed by atoms with E-state index in [0.717, 1.165) is 0 Å². The molecular formula is C13H25BO3. The highest BCUT2D eigenvalue weighted by atomic mass is 16.7. The molecular weight excluding hydrogens is 215 g/mol. The first-order valence-corrected chi connectivity index (χ1v) is 6.26. The van der Waals surface area contributed by atoms with E-state index >= 15 is 0 Å². The van der Waals surface area contributed by atoms with E-state index in [0.29, 0.717) is 5.92 Å². The molecule has 0 N–H and O–H groups in total. The molecule has 0 aromatic carbocycles. The molecule has 0 amide bonds. The van der Waals surface area contributed by atoms with Gasteiger partial charge in [0.05, 0.1) is 17.3 Å². The van der Waals surface area contributed by atoms with Gasteiger partial charge in [-0.25, -0.2) is 0 Å². The topological polar surface area (TPSA) is 27.7 Å². The number of rotatable bonds is 4. The first-order valence-electron chi connectivity index (χ1n) is 6.26. The molecule has 2 atom stereocenters. The maximum absolute atomic E-state index is 5.88. The van der Waals surface area contributed by atoms with Gasteiger partial charge in [0.2, 0.25) is 0 Å². The second kappa shape index (κ2) is 5.13. The maximum Gasteiger partial charge on any atom is 0.486 e. The summed E-state index contributed by atoms with van der Waals surface area (Å²) in [7, 11) is 1.47. The van der Waals surface area contributed by atoms with Crippen LogP contribution in [0.15, 0.2) is 12.1 Å². The highest BCUT2D eigenvalue weighted by Crippen LogP contribution is 2.36. The maximum atomic E-state index is 5.88. The normalized spacial score (nSPS) is 26.4. The van der Waals surface area contributed by atoms with E-state index < -0.39 is 0 Å². The lowest BCUT2D eigenvalue weighted by Gasteiger charge is -2.32. The van der Waals surface area contributed by atoms with Crippen molar-refractivity contribution in [2.75, 3.05) is 7.11 Å². The van der Waals surface area contributed by atoms with Crippen molar-refractivity contribution in [2.24, 2.45) is 5.92 Å². The van der Waals surface area contributed by atoms with E-state index in [9.17, 15) is 0 Å². The third-order valence-corrected chi connectivity index (χ3v) is 3.96. The molecule has 1 aliphatic heterocycles. The third kappa shape index (κ3) is 3.33. The minimum Gasteiger partial charge on any atom is -0.400 e. The molecule has 1 rings (SSSR count). The summed E-state index contributed by atoms with van der Waals surface area (Å²) in [5, 5.41) is 0. The Morgan fingerprint density at radius 1 is 1.06 bits per heavy atom. The highest BCUT2D eigenvalue weighted by Gasteiger charge is 2.50. The van der Waals surface area contributed by atoms with Gasteiger partial charge in [0, 0.05) is 7.11 Å². The number of ether oxygens (including phenoxy) is 1. The first kappa shape index (κ1) is 14.7. The lowest BCUT2D eigenvalue weighted by molar-refractivity contribution is 0.00578. The fourth-order valence-electron chi connectivity index (χ4n) is 1.60. The molecule has 0 saturated carbocycles. The third-order valence-electron chi connectivity index (χ3n) is 3.96. The van der Waals surface area contributed by atoms with Crippen molar-refractivity contribution >= 4 is 7.12 Å². The Hall–Kier alpha value is -0.315. The molecule has 0 bridgehead atoms. The van der Waals surface area contributed by atoms with Gasteiger partial charge in [0.1, 0.15) is 0 Å². The zero-order chi connectivity index (χ0) is 13.3. The molecule has 0 radical (unpaired) electrons. The van der Waals surface area contributed by atoms with Crippen molar-refractivity contribution in [3.05, 3.63) is 12.1 Å². The molecule has 4 heteroatoms. The van der Waals surface area contributed by atoms with E-state index in [-0.39, 0.29) is 24.4 Å². The number of hydrogen-bond acceptors (Lipinski definition) is 3. The summed E-state index contributed by atoms with van der Waals surface area (Å²) in [5.74, 6) is 2.33. The van der Waals surface area contributed by atoms with Crippen LogP contribution in [0.25, 0.3) is 0 Å². The van der Waals surface area contributed by atoms with E-state index in [1.165, 1.54) is 0 Å². The lowest BCUT2D eigenvalue weighted by Crippen LogP contribution is -2.41. The van der Waals surface area contributed by atoms with Crippen LogP contribution in [-0.4, -0.2) is 31.5 Å². The van der Waals surface area contributed by atoms with Gasteiger partial charge in [0.15, 0.2) is 0 Å². The van der Waals surface area contributed by atoms with Gasteiger partial charge in [-0.05, 0) is 40.5 Å². The summed E-state index contributed by atoms with van der Waals surface area (Å²) in [6.45, 7) is 12.4. The van der Waals surface area contributed by atoms with Crippen LogP contribution in [-0.2, 0) is 14.0 Å². The van der Waals surface area contributed by atoms with E-state index in [2.05, 4.69) is 47.6 Å². The van der Waals surface area contributed by atoms with E-state index in [1.807, 2.05) is 5.98 Å². The molecule has 0 aromatic rings. The van der Waals surface area contributed by atoms with Crippen LogP contribution < -0.4 is 0 Å². The van der Waals surface area contributed by atoms with Crippen molar-refractivity contribution in [3.8, 4) is 0 Å². The summed E-state index contributed by atoms with van der Waals surface area (Å²) < 4.78 is 17.0. The Kier molecular flexibility index (Phi) is 4.45. The van der Waals surface area contributed by atoms with Crippen LogP contribution in [0.3, 0.4) is 0 Å². The van der Waals surface area contributed by atoms with Gasteiger partial charge in [-0.1, -0.05) is 19.0 Å². The molecule has 1 fully saturated rings. The van der Waals surface area contributed by atoms with Crippen molar-refractivity contribution < 1.29 is 14.0 Å². The van der Waals surface area contributed by atoms with Gasteiger partial charge >= 0.3 is 7.12 Å². The van der Waals surface area contributed by atoms with Crippen molar-refractivity contribution in [1.82, 2.24) is 0 Å². The van der Waals surface area contributed by atoms with Gasteiger partial charge in [-0.2, -0.15) is 0 Å². The van der Waals surface area contributed by atoms with Crippen LogP contribution >= 0.6 is 0 Å². The van der Waals surface area contributed by atoms with Crippen molar-refractivity contribution in [1.29, 1.82) is 0 Å². The Balaban J connectivity index is 2.59. The Labute approximate surface area is 106 Å².